The van der Waals surface area contributed by atoms with Gasteiger partial charge >= 0.3 is 5.69 Å². The van der Waals surface area contributed by atoms with Crippen molar-refractivity contribution in [2.45, 2.75) is 43.7 Å². The lowest BCUT2D eigenvalue weighted by molar-refractivity contribution is 0.634. The molecule has 0 fully saturated rings. The van der Waals surface area contributed by atoms with Crippen LogP contribution in [0.5, 0.6) is 0 Å². The SMILES string of the molecule is CCc1c(Sc2cc(C)cc(C)c2)n(Cc2cc(Br)cc(Br)c2)c(=O)[nH]c1=O. The summed E-state index contributed by atoms with van der Waals surface area (Å²) in [7, 11) is 0. The van der Waals surface area contributed by atoms with E-state index in [4.69, 9.17) is 0 Å². The quantitative estimate of drug-likeness (QED) is 0.453. The highest BCUT2D eigenvalue weighted by molar-refractivity contribution is 9.11. The van der Waals surface area contributed by atoms with Crippen LogP contribution < -0.4 is 11.2 Å². The molecule has 0 unspecified atom stereocenters. The van der Waals surface area contributed by atoms with Crippen molar-refractivity contribution in [3.05, 3.63) is 88.4 Å². The molecule has 1 aromatic heterocycles. The molecule has 0 aliphatic heterocycles. The summed E-state index contributed by atoms with van der Waals surface area (Å²) < 4.78 is 3.50. The highest BCUT2D eigenvalue weighted by Crippen LogP contribution is 2.31. The molecule has 3 aromatic rings. The van der Waals surface area contributed by atoms with Gasteiger partial charge in [0, 0.05) is 19.4 Å². The van der Waals surface area contributed by atoms with Gasteiger partial charge in [-0.1, -0.05) is 56.6 Å². The van der Waals surface area contributed by atoms with Gasteiger partial charge in [0.2, 0.25) is 0 Å². The number of aromatic amines is 1. The fourth-order valence-corrected chi connectivity index (χ4v) is 5.87. The predicted molar refractivity (Wildman–Crippen MR) is 122 cm³/mol. The molecule has 7 heteroatoms. The number of benzene rings is 2. The second-order valence-electron chi connectivity index (χ2n) is 6.69. The molecule has 0 aliphatic rings. The Morgan fingerprint density at radius 2 is 1.57 bits per heavy atom. The van der Waals surface area contributed by atoms with Crippen molar-refractivity contribution in [2.24, 2.45) is 0 Å². The average Bonchev–Trinajstić information content (AvgIpc) is 2.56. The summed E-state index contributed by atoms with van der Waals surface area (Å²) >= 11 is 8.45. The number of hydrogen-bond donors (Lipinski definition) is 1. The molecular formula is C21H20Br2N2O2S. The Bertz CT molecular complexity index is 1110. The van der Waals surface area contributed by atoms with E-state index in [2.05, 4.69) is 55.0 Å². The lowest BCUT2D eigenvalue weighted by atomic mass is 10.2. The summed E-state index contributed by atoms with van der Waals surface area (Å²) in [5.74, 6) is 0. The smallest absolute Gasteiger partial charge is 0.283 e. The normalized spacial score (nSPS) is 11.0. The highest BCUT2D eigenvalue weighted by Gasteiger charge is 2.16. The third-order valence-corrected chi connectivity index (χ3v) is 6.32. The third-order valence-electron chi connectivity index (χ3n) is 4.27. The largest absolute Gasteiger partial charge is 0.329 e. The fourth-order valence-electron chi connectivity index (χ4n) is 3.15. The monoisotopic (exact) mass is 522 g/mol. The fraction of sp³-hybridized carbons (Fsp3) is 0.238. The molecule has 0 aliphatic carbocycles. The third kappa shape index (κ3) is 4.88. The number of nitrogens with zero attached hydrogens (tertiary/aromatic N) is 1. The Hall–Kier alpha value is -1.57. The molecule has 0 atom stereocenters. The maximum absolute atomic E-state index is 12.7. The Morgan fingerprint density at radius 3 is 2.14 bits per heavy atom. The van der Waals surface area contributed by atoms with E-state index >= 15 is 0 Å². The predicted octanol–water partition coefficient (Wildman–Crippen LogP) is 5.44. The number of H-pyrrole nitrogens is 1. The minimum Gasteiger partial charge on any atom is -0.283 e. The molecular weight excluding hydrogens is 504 g/mol. The first-order valence-electron chi connectivity index (χ1n) is 8.84. The Labute approximate surface area is 184 Å². The van der Waals surface area contributed by atoms with Gasteiger partial charge in [0.05, 0.1) is 11.6 Å². The van der Waals surface area contributed by atoms with Gasteiger partial charge < -0.3 is 0 Å². The van der Waals surface area contributed by atoms with E-state index in [1.807, 2.05) is 39.0 Å². The van der Waals surface area contributed by atoms with Crippen molar-refractivity contribution in [3.8, 4) is 0 Å². The number of nitrogens with one attached hydrogen (secondary N) is 1. The molecule has 0 spiro atoms. The lowest BCUT2D eigenvalue weighted by Gasteiger charge is -2.16. The summed E-state index contributed by atoms with van der Waals surface area (Å²) in [6.07, 6.45) is 0.547. The van der Waals surface area contributed by atoms with Crippen molar-refractivity contribution >= 4 is 43.6 Å². The minimum atomic E-state index is -0.398. The van der Waals surface area contributed by atoms with Gasteiger partial charge in [-0.2, -0.15) is 0 Å². The number of rotatable bonds is 5. The molecule has 0 saturated heterocycles. The van der Waals surface area contributed by atoms with Gasteiger partial charge in [0.15, 0.2) is 0 Å². The van der Waals surface area contributed by atoms with Gasteiger partial charge in [0.25, 0.3) is 5.56 Å². The first-order valence-corrected chi connectivity index (χ1v) is 11.2. The van der Waals surface area contributed by atoms with Crippen LogP contribution in [-0.2, 0) is 13.0 Å². The maximum Gasteiger partial charge on any atom is 0.329 e. The summed E-state index contributed by atoms with van der Waals surface area (Å²) in [5.41, 5.74) is 3.17. The average molecular weight is 524 g/mol. The molecule has 0 amide bonds. The van der Waals surface area contributed by atoms with E-state index in [1.54, 1.807) is 4.57 Å². The van der Waals surface area contributed by atoms with Crippen LogP contribution in [0.4, 0.5) is 0 Å². The molecule has 0 saturated carbocycles. The summed E-state index contributed by atoms with van der Waals surface area (Å²) in [4.78, 5) is 28.6. The van der Waals surface area contributed by atoms with E-state index in [-0.39, 0.29) is 5.56 Å². The van der Waals surface area contributed by atoms with E-state index < -0.39 is 5.69 Å². The topological polar surface area (TPSA) is 54.9 Å². The van der Waals surface area contributed by atoms with Crippen LogP contribution >= 0.6 is 43.6 Å². The van der Waals surface area contributed by atoms with Crippen LogP contribution in [0, 0.1) is 13.8 Å². The zero-order valence-electron chi connectivity index (χ0n) is 15.8. The molecule has 1 heterocycles. The molecule has 2 aromatic carbocycles. The van der Waals surface area contributed by atoms with Crippen LogP contribution in [0.1, 0.15) is 29.2 Å². The Balaban J connectivity index is 2.15. The molecule has 28 heavy (non-hydrogen) atoms. The maximum atomic E-state index is 12.7. The molecule has 3 rings (SSSR count). The Kier molecular flexibility index (Phi) is 6.68. The van der Waals surface area contributed by atoms with Crippen molar-refractivity contribution in [1.82, 2.24) is 9.55 Å². The zero-order valence-corrected chi connectivity index (χ0v) is 19.8. The number of hydrogen-bond acceptors (Lipinski definition) is 3. The van der Waals surface area contributed by atoms with Crippen molar-refractivity contribution < 1.29 is 0 Å². The number of halogens is 2. The first-order chi connectivity index (χ1) is 13.3. The standard InChI is InChI=1S/C21H20Br2N2O2S/c1-4-18-19(26)24-21(27)25(11-14-8-15(22)10-16(23)9-14)20(18)28-17-6-12(2)5-13(3)7-17/h5-10H,4,11H2,1-3H3,(H,24,26,27). The second kappa shape index (κ2) is 8.84. The van der Waals surface area contributed by atoms with E-state index in [1.165, 1.54) is 11.8 Å². The molecule has 1 N–H and O–H groups in total. The molecule has 0 radical (unpaired) electrons. The zero-order chi connectivity index (χ0) is 20.4. The van der Waals surface area contributed by atoms with Gasteiger partial charge in [-0.25, -0.2) is 4.79 Å². The van der Waals surface area contributed by atoms with Gasteiger partial charge in [-0.3, -0.25) is 14.3 Å². The summed E-state index contributed by atoms with van der Waals surface area (Å²) in [6.45, 7) is 6.39. The van der Waals surface area contributed by atoms with Crippen molar-refractivity contribution in [1.29, 1.82) is 0 Å². The van der Waals surface area contributed by atoms with Crippen molar-refractivity contribution in [3.63, 3.8) is 0 Å². The Morgan fingerprint density at radius 1 is 0.964 bits per heavy atom. The van der Waals surface area contributed by atoms with Crippen LogP contribution in [0.3, 0.4) is 0 Å². The van der Waals surface area contributed by atoms with Gasteiger partial charge in [-0.15, -0.1) is 0 Å². The highest BCUT2D eigenvalue weighted by atomic mass is 79.9. The van der Waals surface area contributed by atoms with E-state index in [0.717, 1.165) is 30.5 Å². The van der Waals surface area contributed by atoms with Crippen LogP contribution in [0.2, 0.25) is 0 Å². The van der Waals surface area contributed by atoms with Gasteiger partial charge in [-0.05, 0) is 67.3 Å². The van der Waals surface area contributed by atoms with Gasteiger partial charge in [0.1, 0.15) is 0 Å². The van der Waals surface area contributed by atoms with Crippen molar-refractivity contribution in [2.75, 3.05) is 0 Å². The minimum absolute atomic E-state index is 0.314. The van der Waals surface area contributed by atoms with Crippen LogP contribution in [-0.4, -0.2) is 9.55 Å². The van der Waals surface area contributed by atoms with Crippen LogP contribution in [0.25, 0.3) is 0 Å². The summed E-state index contributed by atoms with van der Waals surface area (Å²) in [5, 5.41) is 0.692. The van der Waals surface area contributed by atoms with Crippen LogP contribution in [0.15, 0.2) is 64.9 Å². The summed E-state index contributed by atoms with van der Waals surface area (Å²) in [6, 6.07) is 12.1. The lowest BCUT2D eigenvalue weighted by Crippen LogP contribution is -2.34. The molecule has 0 bridgehead atoms. The number of aryl methyl sites for hydroxylation is 2. The molecule has 146 valence electrons. The first kappa shape index (κ1) is 21.1. The second-order valence-corrected chi connectivity index (χ2v) is 9.58. The van der Waals surface area contributed by atoms with E-state index in [9.17, 15) is 9.59 Å². The molecule has 4 nitrogen and oxygen atoms in total. The van der Waals surface area contributed by atoms with E-state index in [0.29, 0.717) is 23.6 Å². The number of aromatic nitrogens is 2.